The van der Waals surface area contributed by atoms with Crippen molar-refractivity contribution in [1.29, 1.82) is 0 Å². The zero-order valence-corrected chi connectivity index (χ0v) is 20.6. The Kier molecular flexibility index (Phi) is 7.20. The van der Waals surface area contributed by atoms with Crippen molar-refractivity contribution in [2.75, 3.05) is 26.3 Å². The minimum atomic E-state index is -1.24. The summed E-state index contributed by atoms with van der Waals surface area (Å²) in [5, 5.41) is 9.29. The molecule has 2 unspecified atom stereocenters. The normalized spacial score (nSPS) is 37.2. The number of rotatable bonds is 7. The molecule has 4 aliphatic heterocycles. The first-order valence-corrected chi connectivity index (χ1v) is 12.7. The molecule has 1 spiro atoms. The molecule has 0 saturated carbocycles. The van der Waals surface area contributed by atoms with E-state index in [4.69, 9.17) is 9.47 Å². The van der Waals surface area contributed by atoms with Crippen LogP contribution in [0.15, 0.2) is 24.3 Å². The van der Waals surface area contributed by atoms with Crippen LogP contribution in [0.4, 0.5) is 0 Å². The fourth-order valence-corrected chi connectivity index (χ4v) is 6.26. The van der Waals surface area contributed by atoms with Crippen molar-refractivity contribution >= 4 is 17.8 Å². The lowest BCUT2D eigenvalue weighted by atomic mass is 9.74. The molecule has 2 amide bonds. The molecule has 2 fully saturated rings. The van der Waals surface area contributed by atoms with E-state index in [0.717, 1.165) is 19.3 Å². The lowest BCUT2D eigenvalue weighted by molar-refractivity contribution is -0.160. The topological polar surface area (TPSA) is 96.4 Å². The smallest absolute Gasteiger partial charge is 0.313 e. The molecule has 2 saturated heterocycles. The van der Waals surface area contributed by atoms with Crippen LogP contribution in [0.5, 0.6) is 0 Å². The van der Waals surface area contributed by atoms with Crippen molar-refractivity contribution < 1.29 is 29.0 Å². The summed E-state index contributed by atoms with van der Waals surface area (Å²) in [5.41, 5.74) is -2.29. The van der Waals surface area contributed by atoms with Crippen molar-refractivity contribution in [2.45, 2.75) is 82.6 Å². The van der Waals surface area contributed by atoms with Gasteiger partial charge in [-0.3, -0.25) is 14.4 Å². The van der Waals surface area contributed by atoms with Gasteiger partial charge in [-0.05, 0) is 46.0 Å². The van der Waals surface area contributed by atoms with Crippen molar-refractivity contribution in [1.82, 2.24) is 9.80 Å². The second-order valence-corrected chi connectivity index (χ2v) is 10.2. The highest BCUT2D eigenvalue weighted by Crippen LogP contribution is 2.57. The summed E-state index contributed by atoms with van der Waals surface area (Å²) in [5.74, 6) is -2.51. The maximum absolute atomic E-state index is 14.1. The molecule has 8 nitrogen and oxygen atoms in total. The Morgan fingerprint density at radius 2 is 1.94 bits per heavy atom. The van der Waals surface area contributed by atoms with Gasteiger partial charge >= 0.3 is 5.97 Å². The van der Waals surface area contributed by atoms with Crippen LogP contribution < -0.4 is 0 Å². The van der Waals surface area contributed by atoms with Gasteiger partial charge in [0.05, 0.1) is 18.1 Å². The summed E-state index contributed by atoms with van der Waals surface area (Å²) in [6.45, 7) is 7.03. The molecule has 8 heteroatoms. The van der Waals surface area contributed by atoms with E-state index < -0.39 is 35.0 Å². The number of nitrogens with zero attached hydrogens (tertiary/aromatic N) is 2. The zero-order valence-electron chi connectivity index (χ0n) is 20.6. The lowest BCUT2D eigenvalue weighted by Gasteiger charge is -2.38. The number of allylic oxidation sites excluding steroid dienone is 1. The Hall–Kier alpha value is -2.19. The summed E-state index contributed by atoms with van der Waals surface area (Å²) in [4.78, 5) is 44.8. The number of hydrogen-bond donors (Lipinski definition) is 1. The Labute approximate surface area is 201 Å². The Balaban J connectivity index is 1.81. The maximum atomic E-state index is 14.1. The van der Waals surface area contributed by atoms with E-state index in [2.05, 4.69) is 6.92 Å². The van der Waals surface area contributed by atoms with Gasteiger partial charge in [0.2, 0.25) is 11.8 Å². The van der Waals surface area contributed by atoms with E-state index in [-0.39, 0.29) is 24.5 Å². The summed E-state index contributed by atoms with van der Waals surface area (Å²) in [7, 11) is 0. The number of fused-ring (bicyclic) bond motifs is 2. The van der Waals surface area contributed by atoms with E-state index in [1.165, 1.54) is 0 Å². The fraction of sp³-hybridized carbons (Fsp3) is 0.731. The van der Waals surface area contributed by atoms with Gasteiger partial charge in [-0.2, -0.15) is 0 Å². The van der Waals surface area contributed by atoms with E-state index in [0.29, 0.717) is 39.0 Å². The highest BCUT2D eigenvalue weighted by molar-refractivity contribution is 5.99. The van der Waals surface area contributed by atoms with Gasteiger partial charge in [-0.15, -0.1) is 0 Å². The minimum absolute atomic E-state index is 0.0170. The highest BCUT2D eigenvalue weighted by Gasteiger charge is 2.74. The number of hydrogen-bond acceptors (Lipinski definition) is 6. The lowest BCUT2D eigenvalue weighted by Crippen LogP contribution is -2.57. The SMILES string of the molecule is CCCC(C)N1CC=C[C@]23O[C@]4(C)/C=C\CCCOC(=O)[C@@H]4[C@H]2C(=O)N(CCCCO)C3C1=O. The van der Waals surface area contributed by atoms with Crippen molar-refractivity contribution in [2.24, 2.45) is 11.8 Å². The number of aliphatic hydroxyl groups is 1. The number of aliphatic hydroxyl groups excluding tert-OH is 1. The average molecular weight is 475 g/mol. The van der Waals surface area contributed by atoms with Crippen molar-refractivity contribution in [3.63, 3.8) is 0 Å². The van der Waals surface area contributed by atoms with Gasteiger partial charge in [0, 0.05) is 25.7 Å². The summed E-state index contributed by atoms with van der Waals surface area (Å²) >= 11 is 0. The van der Waals surface area contributed by atoms with Gasteiger partial charge < -0.3 is 24.4 Å². The molecule has 0 bridgehead atoms. The van der Waals surface area contributed by atoms with Crippen LogP contribution >= 0.6 is 0 Å². The van der Waals surface area contributed by atoms with Crippen LogP contribution in [0, 0.1) is 11.8 Å². The molecule has 1 N–H and O–H groups in total. The third-order valence-electron chi connectivity index (χ3n) is 7.83. The van der Waals surface area contributed by atoms with E-state index in [9.17, 15) is 19.5 Å². The molecular formula is C26H38N2O6. The molecule has 4 rings (SSSR count). The first kappa shape index (κ1) is 24.9. The Morgan fingerprint density at radius 1 is 1.15 bits per heavy atom. The van der Waals surface area contributed by atoms with Crippen molar-refractivity contribution in [3.8, 4) is 0 Å². The van der Waals surface area contributed by atoms with Gasteiger partial charge in [0.15, 0.2) is 0 Å². The van der Waals surface area contributed by atoms with Crippen LogP contribution in [0.1, 0.15) is 59.3 Å². The fourth-order valence-electron chi connectivity index (χ4n) is 6.26. The molecule has 4 aliphatic rings. The van der Waals surface area contributed by atoms with Crippen LogP contribution in [0.25, 0.3) is 0 Å². The first-order valence-electron chi connectivity index (χ1n) is 12.7. The number of amides is 2. The molecule has 4 heterocycles. The number of carbonyl (C=O) groups excluding carboxylic acids is 3. The number of carbonyl (C=O) groups is 3. The first-order chi connectivity index (χ1) is 16.3. The van der Waals surface area contributed by atoms with Crippen molar-refractivity contribution in [3.05, 3.63) is 24.3 Å². The second kappa shape index (κ2) is 9.82. The van der Waals surface area contributed by atoms with Crippen LogP contribution in [0.2, 0.25) is 0 Å². The second-order valence-electron chi connectivity index (χ2n) is 10.2. The molecule has 0 aliphatic carbocycles. The summed E-state index contributed by atoms with van der Waals surface area (Å²) < 4.78 is 12.3. The molecule has 0 aromatic rings. The maximum Gasteiger partial charge on any atom is 0.313 e. The number of ether oxygens (including phenoxy) is 2. The zero-order chi connectivity index (χ0) is 24.5. The molecule has 0 radical (unpaired) electrons. The molecule has 6 atom stereocenters. The van der Waals surface area contributed by atoms with E-state index >= 15 is 0 Å². The largest absolute Gasteiger partial charge is 0.465 e. The monoisotopic (exact) mass is 474 g/mol. The van der Waals surface area contributed by atoms with Crippen LogP contribution in [0.3, 0.4) is 0 Å². The van der Waals surface area contributed by atoms with E-state index in [1.54, 1.807) is 4.90 Å². The predicted octanol–water partition coefficient (Wildman–Crippen LogP) is 2.21. The van der Waals surface area contributed by atoms with Crippen LogP contribution in [-0.2, 0) is 23.9 Å². The molecular weight excluding hydrogens is 436 g/mol. The molecule has 34 heavy (non-hydrogen) atoms. The Bertz CT molecular complexity index is 871. The van der Waals surface area contributed by atoms with Gasteiger partial charge in [0.25, 0.3) is 0 Å². The van der Waals surface area contributed by atoms with E-state index in [1.807, 2.05) is 43.1 Å². The predicted molar refractivity (Wildman–Crippen MR) is 126 cm³/mol. The number of esters is 1. The van der Waals surface area contributed by atoms with Crippen LogP contribution in [-0.4, -0.2) is 82.3 Å². The molecule has 188 valence electrons. The third kappa shape index (κ3) is 3.98. The molecule has 0 aromatic heterocycles. The molecule has 0 aromatic carbocycles. The quantitative estimate of drug-likeness (QED) is 0.345. The standard InChI is InChI=1S/C26H38N2O6/c1-4-11-18(2)27-15-10-13-26-19(22(30)28(14-7-8-16-29)21(26)23(27)31)20-24(32)33-17-9-5-6-12-25(20,3)34-26/h6,10,12-13,18-21,29H,4-5,7-9,11,14-17H2,1-3H3/b12-6-/t18?,19-,20-,21?,25+,26-/m0/s1. The minimum Gasteiger partial charge on any atom is -0.465 e. The van der Waals surface area contributed by atoms with Gasteiger partial charge in [-0.25, -0.2) is 0 Å². The number of cyclic esters (lactones) is 1. The van der Waals surface area contributed by atoms with Gasteiger partial charge in [-0.1, -0.05) is 37.6 Å². The summed E-state index contributed by atoms with van der Waals surface area (Å²) in [6.07, 6.45) is 12.0. The average Bonchev–Trinajstić information content (AvgIpc) is 3.13. The third-order valence-corrected chi connectivity index (χ3v) is 7.83. The highest BCUT2D eigenvalue weighted by atomic mass is 16.6. The van der Waals surface area contributed by atoms with Gasteiger partial charge in [0.1, 0.15) is 17.6 Å². The number of likely N-dealkylation sites (tertiary alicyclic amines) is 1. The summed E-state index contributed by atoms with van der Waals surface area (Å²) in [6, 6.07) is -0.833. The Morgan fingerprint density at radius 3 is 2.68 bits per heavy atom. The number of unbranched alkanes of at least 4 members (excludes halogenated alkanes) is 1.